The Balaban J connectivity index is 1.29. The molecule has 8 nitrogen and oxygen atoms in total. The minimum atomic E-state index is -4.67. The van der Waals surface area contributed by atoms with E-state index in [4.69, 9.17) is 0 Å². The molecular formula is C25H24F4N4O4. The zero-order chi connectivity index (χ0) is 26.3. The van der Waals surface area contributed by atoms with Crippen molar-refractivity contribution in [2.24, 2.45) is 0 Å². The maximum absolute atomic E-state index is 15.5. The summed E-state index contributed by atoms with van der Waals surface area (Å²) in [5.41, 5.74) is 1.97. The third-order valence-electron chi connectivity index (χ3n) is 7.00. The number of alkyl halides is 3. The molecule has 12 heteroatoms. The molecule has 3 aliphatic heterocycles. The van der Waals surface area contributed by atoms with E-state index in [9.17, 15) is 27.6 Å². The summed E-state index contributed by atoms with van der Waals surface area (Å²) in [6.45, 7) is 1.06. The predicted molar refractivity (Wildman–Crippen MR) is 121 cm³/mol. The van der Waals surface area contributed by atoms with Gasteiger partial charge in [0.05, 0.1) is 6.10 Å². The topological polar surface area (TPSA) is 91.8 Å². The van der Waals surface area contributed by atoms with Crippen molar-refractivity contribution in [1.82, 2.24) is 20.1 Å². The van der Waals surface area contributed by atoms with Crippen molar-refractivity contribution in [3.8, 4) is 11.3 Å². The van der Waals surface area contributed by atoms with E-state index in [0.717, 1.165) is 0 Å². The summed E-state index contributed by atoms with van der Waals surface area (Å²) >= 11 is 0. The zero-order valence-electron chi connectivity index (χ0n) is 19.7. The third kappa shape index (κ3) is 5.35. The Labute approximate surface area is 209 Å². The zero-order valence-corrected chi connectivity index (χ0v) is 19.7. The number of pyridine rings is 1. The Morgan fingerprint density at radius 1 is 1.08 bits per heavy atom. The van der Waals surface area contributed by atoms with Crippen LogP contribution in [0, 0.1) is 5.82 Å². The van der Waals surface area contributed by atoms with Gasteiger partial charge in [0.15, 0.2) is 5.82 Å². The highest BCUT2D eigenvalue weighted by Gasteiger charge is 2.39. The monoisotopic (exact) mass is 520 g/mol. The van der Waals surface area contributed by atoms with Gasteiger partial charge in [-0.2, -0.15) is 0 Å². The molecule has 0 saturated carbocycles. The average Bonchev–Trinajstić information content (AvgIpc) is 3.16. The summed E-state index contributed by atoms with van der Waals surface area (Å²) in [6.07, 6.45) is -3.31. The maximum atomic E-state index is 15.5. The second kappa shape index (κ2) is 9.82. The maximum Gasteiger partial charge on any atom is 0.522 e. The van der Waals surface area contributed by atoms with Crippen molar-refractivity contribution in [3.05, 3.63) is 53.0 Å². The molecule has 3 aliphatic rings. The van der Waals surface area contributed by atoms with Crippen molar-refractivity contribution in [2.45, 2.75) is 57.3 Å². The number of nitrogens with one attached hydrogen (secondary N) is 1. The molecule has 2 fully saturated rings. The van der Waals surface area contributed by atoms with Gasteiger partial charge in [-0.25, -0.2) is 4.39 Å². The number of fused-ring (bicyclic) bond motifs is 1. The number of carbonyl (C=O) groups is 3. The van der Waals surface area contributed by atoms with Gasteiger partial charge in [-0.3, -0.25) is 34.3 Å². The van der Waals surface area contributed by atoms with Gasteiger partial charge in [0, 0.05) is 55.5 Å². The molecule has 1 N–H and O–H groups in total. The highest BCUT2D eigenvalue weighted by Crippen LogP contribution is 2.32. The standard InChI is InChI=1S/C25H24F4N4O4/c26-21-15(12-32-9-6-17(7-10-32)37-25(27,28)29)5-8-30-22(21)14-1-2-18-16(11-14)13-33(24(18)36)19-3-4-20(34)31-23(19)35/h1-2,5,8,11,17,19H,3-4,6-7,9-10,12-13H2,(H,31,34,35). The summed E-state index contributed by atoms with van der Waals surface area (Å²) in [5, 5.41) is 2.26. The number of carbonyl (C=O) groups excluding carboxylic acids is 3. The Bertz CT molecular complexity index is 1240. The van der Waals surface area contributed by atoms with E-state index in [-0.39, 0.29) is 56.3 Å². The van der Waals surface area contributed by atoms with E-state index in [1.165, 1.54) is 11.1 Å². The molecule has 3 amide bonds. The number of imide groups is 1. The first kappa shape index (κ1) is 25.3. The highest BCUT2D eigenvalue weighted by atomic mass is 19.4. The molecule has 1 unspecified atom stereocenters. The van der Waals surface area contributed by atoms with Crippen molar-refractivity contribution in [3.63, 3.8) is 0 Å². The van der Waals surface area contributed by atoms with Gasteiger partial charge in [0.2, 0.25) is 11.8 Å². The van der Waals surface area contributed by atoms with Crippen LogP contribution in [-0.2, 0) is 27.4 Å². The lowest BCUT2D eigenvalue weighted by atomic mass is 10.0. The first-order chi connectivity index (χ1) is 17.6. The van der Waals surface area contributed by atoms with Crippen LogP contribution in [0.25, 0.3) is 11.3 Å². The number of nitrogens with zero attached hydrogens (tertiary/aromatic N) is 3. The second-order valence-corrected chi connectivity index (χ2v) is 9.44. The number of hydrogen-bond acceptors (Lipinski definition) is 6. The molecule has 0 bridgehead atoms. The molecule has 1 aromatic heterocycles. The van der Waals surface area contributed by atoms with Crippen LogP contribution < -0.4 is 5.32 Å². The minimum Gasteiger partial charge on any atom is -0.322 e. The lowest BCUT2D eigenvalue weighted by Gasteiger charge is -2.32. The number of benzene rings is 1. The predicted octanol–water partition coefficient (Wildman–Crippen LogP) is 3.15. The summed E-state index contributed by atoms with van der Waals surface area (Å²) in [7, 11) is 0. The number of ether oxygens (including phenoxy) is 1. The van der Waals surface area contributed by atoms with Crippen LogP contribution in [0.4, 0.5) is 17.6 Å². The number of likely N-dealkylation sites (tertiary alicyclic amines) is 1. The molecular weight excluding hydrogens is 496 g/mol. The highest BCUT2D eigenvalue weighted by molar-refractivity contribution is 6.05. The number of hydrogen-bond donors (Lipinski definition) is 1. The molecule has 1 atom stereocenters. The minimum absolute atomic E-state index is 0.0995. The van der Waals surface area contributed by atoms with Gasteiger partial charge in [0.25, 0.3) is 5.91 Å². The largest absolute Gasteiger partial charge is 0.522 e. The lowest BCUT2D eigenvalue weighted by Crippen LogP contribution is -2.52. The van der Waals surface area contributed by atoms with Crippen LogP contribution in [-0.4, -0.2) is 64.1 Å². The first-order valence-corrected chi connectivity index (χ1v) is 12.0. The van der Waals surface area contributed by atoms with Crippen molar-refractivity contribution in [1.29, 1.82) is 0 Å². The number of rotatable bonds is 5. The number of amides is 3. The van der Waals surface area contributed by atoms with E-state index in [0.29, 0.717) is 35.3 Å². The Kier molecular flexibility index (Phi) is 6.71. The van der Waals surface area contributed by atoms with Crippen molar-refractivity contribution in [2.75, 3.05) is 13.1 Å². The molecule has 0 radical (unpaired) electrons. The molecule has 5 rings (SSSR count). The molecule has 2 saturated heterocycles. The SMILES string of the molecule is O=C1CCC(N2Cc3cc(-c4nccc(CN5CCC(OC(F)(F)F)CC5)c4F)ccc3C2=O)C(=O)N1. The van der Waals surface area contributed by atoms with Crippen molar-refractivity contribution < 1.29 is 36.7 Å². The Hall–Kier alpha value is -3.38. The summed E-state index contributed by atoms with van der Waals surface area (Å²) in [4.78, 5) is 44.1. The fourth-order valence-electron chi connectivity index (χ4n) is 5.14. The second-order valence-electron chi connectivity index (χ2n) is 9.44. The Morgan fingerprint density at radius 3 is 2.54 bits per heavy atom. The van der Waals surface area contributed by atoms with Crippen LogP contribution in [0.2, 0.25) is 0 Å². The normalized spacial score (nSPS) is 21.4. The molecule has 4 heterocycles. The van der Waals surface area contributed by atoms with Gasteiger partial charge >= 0.3 is 6.36 Å². The molecule has 1 aromatic carbocycles. The quantitative estimate of drug-likeness (QED) is 0.481. The molecule has 0 aliphatic carbocycles. The number of aromatic nitrogens is 1. The smallest absolute Gasteiger partial charge is 0.322 e. The fraction of sp³-hybridized carbons (Fsp3) is 0.440. The van der Waals surface area contributed by atoms with Gasteiger partial charge in [-0.05, 0) is 43.0 Å². The van der Waals surface area contributed by atoms with Crippen LogP contribution in [0.1, 0.15) is 47.2 Å². The Morgan fingerprint density at radius 2 is 1.84 bits per heavy atom. The van der Waals surface area contributed by atoms with Crippen molar-refractivity contribution >= 4 is 17.7 Å². The lowest BCUT2D eigenvalue weighted by molar-refractivity contribution is -0.345. The number of piperidine rings is 2. The molecule has 0 spiro atoms. The van der Waals surface area contributed by atoms with Crippen LogP contribution in [0.15, 0.2) is 30.5 Å². The summed E-state index contributed by atoms with van der Waals surface area (Å²) < 4.78 is 56.9. The van der Waals surface area contributed by atoms with Gasteiger partial charge in [-0.15, -0.1) is 13.2 Å². The van der Waals surface area contributed by atoms with Crippen LogP contribution in [0.5, 0.6) is 0 Å². The summed E-state index contributed by atoms with van der Waals surface area (Å²) in [6, 6.07) is 5.65. The van der Waals surface area contributed by atoms with Crippen LogP contribution in [0.3, 0.4) is 0 Å². The summed E-state index contributed by atoms with van der Waals surface area (Å²) in [5.74, 6) is -1.74. The van der Waals surface area contributed by atoms with Gasteiger partial charge < -0.3 is 4.90 Å². The van der Waals surface area contributed by atoms with E-state index in [2.05, 4.69) is 15.0 Å². The number of halogens is 4. The molecule has 196 valence electrons. The van der Waals surface area contributed by atoms with Crippen LogP contribution >= 0.6 is 0 Å². The van der Waals surface area contributed by atoms with E-state index >= 15 is 4.39 Å². The van der Waals surface area contributed by atoms with E-state index in [1.807, 2.05) is 4.90 Å². The van der Waals surface area contributed by atoms with E-state index < -0.39 is 30.2 Å². The van der Waals surface area contributed by atoms with E-state index in [1.54, 1.807) is 24.3 Å². The third-order valence-corrected chi connectivity index (χ3v) is 7.00. The van der Waals surface area contributed by atoms with Gasteiger partial charge in [-0.1, -0.05) is 6.07 Å². The fourth-order valence-corrected chi connectivity index (χ4v) is 5.14. The molecule has 2 aromatic rings. The first-order valence-electron chi connectivity index (χ1n) is 12.0. The average molecular weight is 520 g/mol. The molecule has 37 heavy (non-hydrogen) atoms. The van der Waals surface area contributed by atoms with Gasteiger partial charge in [0.1, 0.15) is 11.7 Å².